The van der Waals surface area contributed by atoms with E-state index in [4.69, 9.17) is 21.1 Å². The van der Waals surface area contributed by atoms with Crippen LogP contribution in [0.25, 0.3) is 0 Å². The fourth-order valence-corrected chi connectivity index (χ4v) is 1.88. The van der Waals surface area contributed by atoms with Crippen molar-refractivity contribution in [3.63, 3.8) is 0 Å². The Morgan fingerprint density at radius 1 is 1.33 bits per heavy atom. The minimum Gasteiger partial charge on any atom is -0.495 e. The lowest BCUT2D eigenvalue weighted by Crippen LogP contribution is -2.36. The third-order valence-corrected chi connectivity index (χ3v) is 2.73. The van der Waals surface area contributed by atoms with E-state index in [-0.39, 0.29) is 0 Å². The number of nitrogens with zero attached hydrogens (tertiary/aromatic N) is 1. The predicted octanol–water partition coefficient (Wildman–Crippen LogP) is 2.19. The molecular formula is C11H14ClNO2. The van der Waals surface area contributed by atoms with Crippen molar-refractivity contribution in [1.29, 1.82) is 0 Å². The van der Waals surface area contributed by atoms with Crippen molar-refractivity contribution in [3.8, 4) is 5.75 Å². The van der Waals surface area contributed by atoms with Crippen molar-refractivity contribution in [2.75, 3.05) is 38.3 Å². The van der Waals surface area contributed by atoms with Crippen LogP contribution in [-0.4, -0.2) is 33.4 Å². The molecule has 0 N–H and O–H groups in total. The Labute approximate surface area is 94.5 Å². The number of halogens is 1. The van der Waals surface area contributed by atoms with Crippen LogP contribution in [-0.2, 0) is 4.74 Å². The molecule has 3 nitrogen and oxygen atoms in total. The fraction of sp³-hybridized carbons (Fsp3) is 0.455. The molecule has 1 aliphatic rings. The van der Waals surface area contributed by atoms with Crippen molar-refractivity contribution in [2.24, 2.45) is 0 Å². The van der Waals surface area contributed by atoms with Gasteiger partial charge < -0.3 is 14.4 Å². The zero-order valence-electron chi connectivity index (χ0n) is 8.70. The average Bonchev–Trinajstić information content (AvgIpc) is 2.30. The summed E-state index contributed by atoms with van der Waals surface area (Å²) >= 11 is 5.98. The molecule has 0 unspecified atom stereocenters. The maximum atomic E-state index is 5.98. The second-order valence-electron chi connectivity index (χ2n) is 3.42. The number of hydrogen-bond donors (Lipinski definition) is 0. The van der Waals surface area contributed by atoms with E-state index in [1.807, 2.05) is 18.2 Å². The Morgan fingerprint density at radius 2 is 2.07 bits per heavy atom. The second kappa shape index (κ2) is 4.73. The summed E-state index contributed by atoms with van der Waals surface area (Å²) in [5.41, 5.74) is 1.05. The summed E-state index contributed by atoms with van der Waals surface area (Å²) in [5.74, 6) is 0.862. The highest BCUT2D eigenvalue weighted by molar-refractivity contribution is 6.30. The Hall–Kier alpha value is -0.930. The highest BCUT2D eigenvalue weighted by Crippen LogP contribution is 2.31. The van der Waals surface area contributed by atoms with Crippen LogP contribution in [0.15, 0.2) is 18.2 Å². The molecule has 0 saturated carbocycles. The normalized spacial score (nSPS) is 16.5. The van der Waals surface area contributed by atoms with E-state index in [1.54, 1.807) is 7.11 Å². The SMILES string of the molecule is COc1ccc(Cl)cc1N1CCOCC1. The van der Waals surface area contributed by atoms with Crippen molar-refractivity contribution < 1.29 is 9.47 Å². The van der Waals surface area contributed by atoms with E-state index < -0.39 is 0 Å². The third kappa shape index (κ3) is 2.36. The second-order valence-corrected chi connectivity index (χ2v) is 3.85. The first kappa shape index (κ1) is 10.6. The van der Waals surface area contributed by atoms with E-state index in [0.717, 1.165) is 42.8 Å². The Kier molecular flexibility index (Phi) is 3.34. The quantitative estimate of drug-likeness (QED) is 0.773. The lowest BCUT2D eigenvalue weighted by Gasteiger charge is -2.30. The topological polar surface area (TPSA) is 21.7 Å². The van der Waals surface area contributed by atoms with Crippen LogP contribution in [0.1, 0.15) is 0 Å². The summed E-state index contributed by atoms with van der Waals surface area (Å²) < 4.78 is 10.6. The molecule has 4 heteroatoms. The molecular weight excluding hydrogens is 214 g/mol. The van der Waals surface area contributed by atoms with Crippen molar-refractivity contribution in [1.82, 2.24) is 0 Å². The highest BCUT2D eigenvalue weighted by Gasteiger charge is 2.15. The molecule has 1 heterocycles. The molecule has 2 rings (SSSR count). The zero-order chi connectivity index (χ0) is 10.7. The van der Waals surface area contributed by atoms with Gasteiger partial charge in [0.15, 0.2) is 0 Å². The molecule has 1 aromatic carbocycles. The maximum absolute atomic E-state index is 5.98. The highest BCUT2D eigenvalue weighted by atomic mass is 35.5. The molecule has 15 heavy (non-hydrogen) atoms. The van der Waals surface area contributed by atoms with E-state index in [9.17, 15) is 0 Å². The van der Waals surface area contributed by atoms with Crippen LogP contribution in [0, 0.1) is 0 Å². The van der Waals surface area contributed by atoms with Crippen LogP contribution in [0.5, 0.6) is 5.75 Å². The first-order valence-corrected chi connectivity index (χ1v) is 5.35. The van der Waals surface area contributed by atoms with Gasteiger partial charge in [-0.25, -0.2) is 0 Å². The van der Waals surface area contributed by atoms with Gasteiger partial charge in [-0.1, -0.05) is 11.6 Å². The molecule has 0 bridgehead atoms. The smallest absolute Gasteiger partial charge is 0.142 e. The maximum Gasteiger partial charge on any atom is 0.142 e. The molecule has 1 aliphatic heterocycles. The van der Waals surface area contributed by atoms with Gasteiger partial charge in [-0.05, 0) is 18.2 Å². The van der Waals surface area contributed by atoms with Gasteiger partial charge in [-0.15, -0.1) is 0 Å². The monoisotopic (exact) mass is 227 g/mol. The van der Waals surface area contributed by atoms with Gasteiger partial charge in [0.2, 0.25) is 0 Å². The van der Waals surface area contributed by atoms with E-state index in [1.165, 1.54) is 0 Å². The van der Waals surface area contributed by atoms with Crippen molar-refractivity contribution in [3.05, 3.63) is 23.2 Å². The van der Waals surface area contributed by atoms with Gasteiger partial charge in [-0.2, -0.15) is 0 Å². The minimum absolute atomic E-state index is 0.734. The largest absolute Gasteiger partial charge is 0.495 e. The van der Waals surface area contributed by atoms with Gasteiger partial charge >= 0.3 is 0 Å². The molecule has 0 aliphatic carbocycles. The summed E-state index contributed by atoms with van der Waals surface area (Å²) in [7, 11) is 1.67. The molecule has 0 radical (unpaired) electrons. The van der Waals surface area contributed by atoms with Crippen LogP contribution in [0.4, 0.5) is 5.69 Å². The lowest BCUT2D eigenvalue weighted by molar-refractivity contribution is 0.122. The van der Waals surface area contributed by atoms with Crippen molar-refractivity contribution >= 4 is 17.3 Å². The number of rotatable bonds is 2. The summed E-state index contributed by atoms with van der Waals surface area (Å²) in [6.45, 7) is 3.29. The molecule has 0 atom stereocenters. The Bertz CT molecular complexity index is 337. The number of benzene rings is 1. The standard InChI is InChI=1S/C11H14ClNO2/c1-14-11-3-2-9(12)8-10(11)13-4-6-15-7-5-13/h2-3,8H,4-7H2,1H3. The molecule has 0 aromatic heterocycles. The summed E-state index contributed by atoms with van der Waals surface area (Å²) in [6.07, 6.45) is 0. The van der Waals surface area contributed by atoms with Gasteiger partial charge in [0.05, 0.1) is 26.0 Å². The molecule has 82 valence electrons. The lowest BCUT2D eigenvalue weighted by atomic mass is 10.2. The number of morpholine rings is 1. The van der Waals surface area contributed by atoms with Gasteiger partial charge in [-0.3, -0.25) is 0 Å². The van der Waals surface area contributed by atoms with E-state index in [2.05, 4.69) is 4.90 Å². The first-order chi connectivity index (χ1) is 7.31. The summed E-state index contributed by atoms with van der Waals surface area (Å²) in [5, 5.41) is 0.734. The molecule has 1 aromatic rings. The number of hydrogen-bond acceptors (Lipinski definition) is 3. The predicted molar refractivity (Wildman–Crippen MR) is 61.0 cm³/mol. The third-order valence-electron chi connectivity index (χ3n) is 2.49. The van der Waals surface area contributed by atoms with E-state index >= 15 is 0 Å². The van der Waals surface area contributed by atoms with Crippen LogP contribution < -0.4 is 9.64 Å². The van der Waals surface area contributed by atoms with Gasteiger partial charge in [0.1, 0.15) is 5.75 Å². The summed E-state index contributed by atoms with van der Waals surface area (Å²) in [6, 6.07) is 5.67. The van der Waals surface area contributed by atoms with Gasteiger partial charge in [0, 0.05) is 18.1 Å². The zero-order valence-corrected chi connectivity index (χ0v) is 9.46. The first-order valence-electron chi connectivity index (χ1n) is 4.97. The summed E-state index contributed by atoms with van der Waals surface area (Å²) in [4.78, 5) is 2.23. The average molecular weight is 228 g/mol. The molecule has 1 saturated heterocycles. The molecule has 0 amide bonds. The minimum atomic E-state index is 0.734. The van der Waals surface area contributed by atoms with Crippen LogP contribution in [0.3, 0.4) is 0 Å². The Balaban J connectivity index is 2.27. The number of ether oxygens (including phenoxy) is 2. The fourth-order valence-electron chi connectivity index (χ4n) is 1.71. The van der Waals surface area contributed by atoms with Crippen molar-refractivity contribution in [2.45, 2.75) is 0 Å². The Morgan fingerprint density at radius 3 is 2.73 bits per heavy atom. The van der Waals surface area contributed by atoms with Crippen LogP contribution in [0.2, 0.25) is 5.02 Å². The molecule has 1 fully saturated rings. The van der Waals surface area contributed by atoms with Gasteiger partial charge in [0.25, 0.3) is 0 Å². The van der Waals surface area contributed by atoms with Crippen LogP contribution >= 0.6 is 11.6 Å². The molecule has 0 spiro atoms. The number of methoxy groups -OCH3 is 1. The number of anilines is 1. The van der Waals surface area contributed by atoms with E-state index in [0.29, 0.717) is 0 Å².